The Labute approximate surface area is 118 Å². The van der Waals surface area contributed by atoms with E-state index in [9.17, 15) is 14.3 Å². The molecule has 0 aliphatic rings. The summed E-state index contributed by atoms with van der Waals surface area (Å²) in [6, 6.07) is 6.08. The van der Waals surface area contributed by atoms with Gasteiger partial charge in [0.05, 0.1) is 12.7 Å². The van der Waals surface area contributed by atoms with Gasteiger partial charge in [-0.15, -0.1) is 0 Å². The Balaban J connectivity index is 2.10. The Morgan fingerprint density at radius 3 is 2.95 bits per heavy atom. The van der Waals surface area contributed by atoms with Gasteiger partial charge in [-0.25, -0.2) is 9.18 Å². The van der Waals surface area contributed by atoms with Crippen LogP contribution in [0.4, 0.5) is 9.18 Å². The second-order valence-corrected chi connectivity index (χ2v) is 4.48. The van der Waals surface area contributed by atoms with Crippen molar-refractivity contribution in [3.8, 4) is 0 Å². The lowest BCUT2D eigenvalue weighted by atomic mass is 10.1. The standard InChI is InChI=1S/C14H21FN2O3/c1-20-10-13(18)9-17-14(19)16-7-3-5-11-4-2-6-12(15)8-11/h2,4,6,8,13,18H,3,5,7,9-10H2,1H3,(H2,16,17,19). The molecule has 5 nitrogen and oxygen atoms in total. The molecule has 0 bridgehead atoms. The number of benzene rings is 1. The van der Waals surface area contributed by atoms with Gasteiger partial charge >= 0.3 is 6.03 Å². The largest absolute Gasteiger partial charge is 0.389 e. The molecule has 0 saturated heterocycles. The van der Waals surface area contributed by atoms with Crippen LogP contribution in [0.3, 0.4) is 0 Å². The zero-order chi connectivity index (χ0) is 14.8. The SMILES string of the molecule is COCC(O)CNC(=O)NCCCc1cccc(F)c1. The van der Waals surface area contributed by atoms with Crippen LogP contribution in [0.25, 0.3) is 0 Å². The van der Waals surface area contributed by atoms with E-state index in [4.69, 9.17) is 4.74 Å². The first-order chi connectivity index (χ1) is 9.61. The van der Waals surface area contributed by atoms with Gasteiger partial charge in [-0.3, -0.25) is 0 Å². The van der Waals surface area contributed by atoms with E-state index in [1.54, 1.807) is 6.07 Å². The van der Waals surface area contributed by atoms with E-state index in [0.29, 0.717) is 13.0 Å². The molecule has 0 spiro atoms. The second-order valence-electron chi connectivity index (χ2n) is 4.48. The van der Waals surface area contributed by atoms with Gasteiger partial charge in [-0.05, 0) is 30.5 Å². The zero-order valence-electron chi connectivity index (χ0n) is 11.6. The van der Waals surface area contributed by atoms with Crippen molar-refractivity contribution in [2.75, 3.05) is 26.8 Å². The first-order valence-corrected chi connectivity index (χ1v) is 6.55. The van der Waals surface area contributed by atoms with Gasteiger partial charge in [0.15, 0.2) is 0 Å². The predicted molar refractivity (Wildman–Crippen MR) is 74.0 cm³/mol. The summed E-state index contributed by atoms with van der Waals surface area (Å²) < 4.78 is 17.7. The third-order valence-corrected chi connectivity index (χ3v) is 2.67. The van der Waals surface area contributed by atoms with Crippen LogP contribution < -0.4 is 10.6 Å². The summed E-state index contributed by atoms with van der Waals surface area (Å²) in [6.45, 7) is 0.812. The molecular weight excluding hydrogens is 263 g/mol. The number of carbonyl (C=O) groups excluding carboxylic acids is 1. The van der Waals surface area contributed by atoms with E-state index in [1.165, 1.54) is 19.2 Å². The molecule has 1 unspecified atom stereocenters. The third kappa shape index (κ3) is 7.06. The maximum absolute atomic E-state index is 12.9. The first-order valence-electron chi connectivity index (χ1n) is 6.55. The lowest BCUT2D eigenvalue weighted by molar-refractivity contribution is 0.0660. The molecular formula is C14H21FN2O3. The number of urea groups is 1. The number of rotatable bonds is 8. The van der Waals surface area contributed by atoms with Gasteiger partial charge in [-0.2, -0.15) is 0 Å². The van der Waals surface area contributed by atoms with Crippen molar-refractivity contribution in [3.05, 3.63) is 35.6 Å². The molecule has 20 heavy (non-hydrogen) atoms. The highest BCUT2D eigenvalue weighted by Gasteiger charge is 2.05. The minimum Gasteiger partial charge on any atom is -0.389 e. The van der Waals surface area contributed by atoms with E-state index in [1.807, 2.05) is 6.07 Å². The Hall–Kier alpha value is -1.66. The van der Waals surface area contributed by atoms with E-state index < -0.39 is 6.10 Å². The molecule has 0 fully saturated rings. The maximum atomic E-state index is 12.9. The van der Waals surface area contributed by atoms with Crippen LogP contribution in [0.2, 0.25) is 0 Å². The van der Waals surface area contributed by atoms with Crippen molar-refractivity contribution in [1.29, 1.82) is 0 Å². The van der Waals surface area contributed by atoms with Gasteiger partial charge in [0.1, 0.15) is 5.82 Å². The molecule has 0 aliphatic heterocycles. The number of aryl methyl sites for hydroxylation is 1. The normalized spacial score (nSPS) is 11.9. The van der Waals surface area contributed by atoms with Crippen LogP contribution in [-0.4, -0.2) is 44.0 Å². The van der Waals surface area contributed by atoms with Crippen molar-refractivity contribution in [2.24, 2.45) is 0 Å². The molecule has 112 valence electrons. The van der Waals surface area contributed by atoms with Crippen molar-refractivity contribution in [1.82, 2.24) is 10.6 Å². The topological polar surface area (TPSA) is 70.6 Å². The number of nitrogens with one attached hydrogen (secondary N) is 2. The van der Waals surface area contributed by atoms with Crippen LogP contribution in [0.15, 0.2) is 24.3 Å². The van der Waals surface area contributed by atoms with Gasteiger partial charge in [0, 0.05) is 20.2 Å². The van der Waals surface area contributed by atoms with Gasteiger partial charge in [0.2, 0.25) is 0 Å². The average molecular weight is 284 g/mol. The Kier molecular flexibility index (Phi) is 7.60. The molecule has 1 atom stereocenters. The summed E-state index contributed by atoms with van der Waals surface area (Å²) >= 11 is 0. The molecule has 0 saturated carbocycles. The van der Waals surface area contributed by atoms with Crippen LogP contribution in [-0.2, 0) is 11.2 Å². The fraction of sp³-hybridized carbons (Fsp3) is 0.500. The molecule has 0 radical (unpaired) electrons. The molecule has 0 heterocycles. The third-order valence-electron chi connectivity index (χ3n) is 2.67. The molecule has 0 aromatic heterocycles. The van der Waals surface area contributed by atoms with E-state index in [2.05, 4.69) is 10.6 Å². The number of amides is 2. The van der Waals surface area contributed by atoms with E-state index in [0.717, 1.165) is 12.0 Å². The molecule has 1 aromatic rings. The average Bonchev–Trinajstić information content (AvgIpc) is 2.42. The fourth-order valence-corrected chi connectivity index (χ4v) is 1.71. The van der Waals surface area contributed by atoms with E-state index in [-0.39, 0.29) is 25.0 Å². The molecule has 3 N–H and O–H groups in total. The predicted octanol–water partition coefficient (Wildman–Crippen LogP) is 1.06. The summed E-state index contributed by atoms with van der Waals surface area (Å²) in [5.74, 6) is -0.250. The number of hydrogen-bond acceptors (Lipinski definition) is 3. The fourth-order valence-electron chi connectivity index (χ4n) is 1.71. The Bertz CT molecular complexity index is 415. The summed E-state index contributed by atoms with van der Waals surface area (Å²) in [5, 5.41) is 14.5. The lowest BCUT2D eigenvalue weighted by Gasteiger charge is -2.11. The zero-order valence-corrected chi connectivity index (χ0v) is 11.6. The van der Waals surface area contributed by atoms with Crippen molar-refractivity contribution in [3.63, 3.8) is 0 Å². The molecule has 1 rings (SSSR count). The number of carbonyl (C=O) groups is 1. The van der Waals surface area contributed by atoms with Crippen molar-refractivity contribution < 1.29 is 19.0 Å². The van der Waals surface area contributed by atoms with Gasteiger partial charge in [-0.1, -0.05) is 12.1 Å². The minimum absolute atomic E-state index is 0.142. The van der Waals surface area contributed by atoms with Crippen LogP contribution in [0.5, 0.6) is 0 Å². The highest BCUT2D eigenvalue weighted by Crippen LogP contribution is 2.05. The second kappa shape index (κ2) is 9.28. The monoisotopic (exact) mass is 284 g/mol. The molecule has 2 amide bonds. The number of ether oxygens (including phenoxy) is 1. The van der Waals surface area contributed by atoms with Crippen LogP contribution in [0.1, 0.15) is 12.0 Å². The van der Waals surface area contributed by atoms with Crippen LogP contribution >= 0.6 is 0 Å². The Morgan fingerprint density at radius 1 is 1.45 bits per heavy atom. The lowest BCUT2D eigenvalue weighted by Crippen LogP contribution is -2.41. The highest BCUT2D eigenvalue weighted by atomic mass is 19.1. The smallest absolute Gasteiger partial charge is 0.314 e. The van der Waals surface area contributed by atoms with Gasteiger partial charge in [0.25, 0.3) is 0 Å². The quantitative estimate of drug-likeness (QED) is 0.625. The maximum Gasteiger partial charge on any atom is 0.314 e. The molecule has 6 heteroatoms. The van der Waals surface area contributed by atoms with Crippen molar-refractivity contribution in [2.45, 2.75) is 18.9 Å². The van der Waals surface area contributed by atoms with Crippen LogP contribution in [0, 0.1) is 5.82 Å². The van der Waals surface area contributed by atoms with Crippen molar-refractivity contribution >= 4 is 6.03 Å². The highest BCUT2D eigenvalue weighted by molar-refractivity contribution is 5.73. The summed E-state index contributed by atoms with van der Waals surface area (Å²) in [7, 11) is 1.48. The number of aliphatic hydroxyl groups excluding tert-OH is 1. The summed E-state index contributed by atoms with van der Waals surface area (Å²) in [4.78, 5) is 11.4. The number of hydrogen-bond donors (Lipinski definition) is 3. The number of aliphatic hydroxyl groups is 1. The first kappa shape index (κ1) is 16.4. The molecule has 0 aliphatic carbocycles. The molecule has 1 aromatic carbocycles. The van der Waals surface area contributed by atoms with E-state index >= 15 is 0 Å². The summed E-state index contributed by atoms with van der Waals surface area (Å²) in [5.41, 5.74) is 0.905. The minimum atomic E-state index is -0.710. The summed E-state index contributed by atoms with van der Waals surface area (Å²) in [6.07, 6.45) is 0.708. The number of halogens is 1. The number of methoxy groups -OCH3 is 1. The Morgan fingerprint density at radius 2 is 2.25 bits per heavy atom. The van der Waals surface area contributed by atoms with Gasteiger partial charge < -0.3 is 20.5 Å².